The number of halogens is 2. The van der Waals surface area contributed by atoms with Gasteiger partial charge >= 0.3 is 0 Å². The van der Waals surface area contributed by atoms with Crippen LogP contribution in [-0.2, 0) is 0 Å². The van der Waals surface area contributed by atoms with Crippen LogP contribution in [0.25, 0.3) is 0 Å². The predicted molar refractivity (Wildman–Crippen MR) is 67.1 cm³/mol. The highest BCUT2D eigenvalue weighted by Gasteiger charge is 2.06. The molecule has 0 bridgehead atoms. The molecule has 2 rings (SSSR count). The van der Waals surface area contributed by atoms with Crippen LogP contribution < -0.4 is 10.5 Å². The molecule has 0 saturated carbocycles. The zero-order valence-electron chi connectivity index (χ0n) is 9.15. The summed E-state index contributed by atoms with van der Waals surface area (Å²) < 4.78 is 18.8. The SMILES string of the molecule is N#Cc1ccc(Oc2ccc(Cl)cc2N)cc1F. The van der Waals surface area contributed by atoms with Crippen molar-refractivity contribution in [2.75, 3.05) is 5.73 Å². The van der Waals surface area contributed by atoms with E-state index in [9.17, 15) is 4.39 Å². The summed E-state index contributed by atoms with van der Waals surface area (Å²) in [6.45, 7) is 0. The summed E-state index contributed by atoms with van der Waals surface area (Å²) in [7, 11) is 0. The summed E-state index contributed by atoms with van der Waals surface area (Å²) in [5, 5.41) is 9.10. The minimum absolute atomic E-state index is 0.0357. The molecule has 5 heteroatoms. The Morgan fingerprint density at radius 1 is 1.22 bits per heavy atom. The molecule has 0 atom stereocenters. The second kappa shape index (κ2) is 4.94. The number of ether oxygens (including phenoxy) is 1. The molecule has 0 spiro atoms. The number of nitrogens with two attached hydrogens (primary N) is 1. The number of rotatable bonds is 2. The Morgan fingerprint density at radius 3 is 2.61 bits per heavy atom. The van der Waals surface area contributed by atoms with Crippen molar-refractivity contribution >= 4 is 17.3 Å². The van der Waals surface area contributed by atoms with E-state index in [0.29, 0.717) is 16.5 Å². The maximum atomic E-state index is 13.4. The Balaban J connectivity index is 2.29. The molecule has 2 aromatic carbocycles. The van der Waals surface area contributed by atoms with Gasteiger partial charge in [-0.05, 0) is 30.3 Å². The van der Waals surface area contributed by atoms with Crippen LogP contribution in [0.1, 0.15) is 5.56 Å². The third-order valence-electron chi connectivity index (χ3n) is 2.26. The van der Waals surface area contributed by atoms with Gasteiger partial charge in [-0.25, -0.2) is 4.39 Å². The average Bonchev–Trinajstić information content (AvgIpc) is 2.33. The fraction of sp³-hybridized carbons (Fsp3) is 0. The molecule has 0 aliphatic carbocycles. The summed E-state index contributed by atoms with van der Waals surface area (Å²) >= 11 is 5.75. The zero-order chi connectivity index (χ0) is 13.1. The summed E-state index contributed by atoms with van der Waals surface area (Å²) in [6, 6.07) is 10.5. The Labute approximate surface area is 108 Å². The lowest BCUT2D eigenvalue weighted by Gasteiger charge is -2.08. The van der Waals surface area contributed by atoms with Crippen molar-refractivity contribution in [1.29, 1.82) is 5.26 Å². The third-order valence-corrected chi connectivity index (χ3v) is 2.50. The highest BCUT2D eigenvalue weighted by Crippen LogP contribution is 2.30. The third kappa shape index (κ3) is 2.53. The van der Waals surface area contributed by atoms with E-state index < -0.39 is 5.82 Å². The standard InChI is InChI=1S/C13H8ClFN2O/c14-9-2-4-13(12(17)5-9)18-10-3-1-8(7-16)11(15)6-10/h1-6H,17H2. The van der Waals surface area contributed by atoms with Gasteiger partial charge in [-0.15, -0.1) is 0 Å². The summed E-state index contributed by atoms with van der Waals surface area (Å²) in [4.78, 5) is 0. The number of benzene rings is 2. The molecule has 0 aliphatic rings. The van der Waals surface area contributed by atoms with E-state index in [1.54, 1.807) is 18.2 Å². The van der Waals surface area contributed by atoms with Gasteiger partial charge in [-0.1, -0.05) is 11.6 Å². The fourth-order valence-electron chi connectivity index (χ4n) is 1.39. The van der Waals surface area contributed by atoms with E-state index in [4.69, 9.17) is 27.3 Å². The molecular weight excluding hydrogens is 255 g/mol. The lowest BCUT2D eigenvalue weighted by molar-refractivity contribution is 0.478. The Morgan fingerprint density at radius 2 is 2.00 bits per heavy atom. The van der Waals surface area contributed by atoms with Crippen molar-refractivity contribution in [3.63, 3.8) is 0 Å². The van der Waals surface area contributed by atoms with Gasteiger partial charge in [-0.3, -0.25) is 0 Å². The molecule has 2 aromatic rings. The van der Waals surface area contributed by atoms with Crippen molar-refractivity contribution in [2.45, 2.75) is 0 Å². The van der Waals surface area contributed by atoms with E-state index >= 15 is 0 Å². The summed E-state index contributed by atoms with van der Waals surface area (Å²) in [5.41, 5.74) is 6.03. The minimum Gasteiger partial charge on any atom is -0.455 e. The van der Waals surface area contributed by atoms with Gasteiger partial charge in [0.15, 0.2) is 0 Å². The van der Waals surface area contributed by atoms with Crippen molar-refractivity contribution in [3.8, 4) is 17.6 Å². The Hall–Kier alpha value is -2.25. The number of hydrogen-bond acceptors (Lipinski definition) is 3. The van der Waals surface area contributed by atoms with E-state index in [2.05, 4.69) is 0 Å². The minimum atomic E-state index is -0.637. The van der Waals surface area contributed by atoms with E-state index in [-0.39, 0.29) is 11.3 Å². The van der Waals surface area contributed by atoms with Crippen molar-refractivity contribution in [1.82, 2.24) is 0 Å². The van der Waals surface area contributed by atoms with Crippen LogP contribution in [0.2, 0.25) is 5.02 Å². The number of hydrogen-bond donors (Lipinski definition) is 1. The van der Waals surface area contributed by atoms with Crippen molar-refractivity contribution in [3.05, 3.63) is 52.8 Å². The van der Waals surface area contributed by atoms with Crippen LogP contribution in [0, 0.1) is 17.1 Å². The predicted octanol–water partition coefficient (Wildman–Crippen LogP) is 3.73. The number of anilines is 1. The van der Waals surface area contributed by atoms with Crippen LogP contribution in [0.5, 0.6) is 11.5 Å². The van der Waals surface area contributed by atoms with E-state index in [0.717, 1.165) is 6.07 Å². The topological polar surface area (TPSA) is 59.0 Å². The van der Waals surface area contributed by atoms with Crippen LogP contribution in [0.15, 0.2) is 36.4 Å². The van der Waals surface area contributed by atoms with Gasteiger partial charge in [-0.2, -0.15) is 5.26 Å². The maximum Gasteiger partial charge on any atom is 0.150 e. The van der Waals surface area contributed by atoms with Gasteiger partial charge < -0.3 is 10.5 Å². The highest BCUT2D eigenvalue weighted by molar-refractivity contribution is 6.30. The summed E-state index contributed by atoms with van der Waals surface area (Å²) in [5.74, 6) is 0.00608. The molecule has 0 radical (unpaired) electrons. The van der Waals surface area contributed by atoms with Crippen molar-refractivity contribution < 1.29 is 9.13 Å². The number of nitrogen functional groups attached to an aromatic ring is 1. The molecule has 18 heavy (non-hydrogen) atoms. The Kier molecular flexibility index (Phi) is 3.35. The lowest BCUT2D eigenvalue weighted by atomic mass is 10.2. The molecule has 90 valence electrons. The maximum absolute atomic E-state index is 13.4. The quantitative estimate of drug-likeness (QED) is 0.839. The molecule has 0 fully saturated rings. The number of nitriles is 1. The molecule has 0 unspecified atom stereocenters. The average molecular weight is 263 g/mol. The Bertz CT molecular complexity index is 637. The second-order valence-electron chi connectivity index (χ2n) is 3.54. The smallest absolute Gasteiger partial charge is 0.150 e. The van der Waals surface area contributed by atoms with Crippen LogP contribution >= 0.6 is 11.6 Å². The first-order valence-corrected chi connectivity index (χ1v) is 5.40. The monoisotopic (exact) mass is 262 g/mol. The molecular formula is C13H8ClFN2O. The first kappa shape index (κ1) is 12.2. The normalized spacial score (nSPS) is 9.83. The van der Waals surface area contributed by atoms with Crippen molar-refractivity contribution in [2.24, 2.45) is 0 Å². The van der Waals surface area contributed by atoms with E-state index in [1.165, 1.54) is 18.2 Å². The van der Waals surface area contributed by atoms with Gasteiger partial charge in [0.05, 0.1) is 11.3 Å². The molecule has 3 nitrogen and oxygen atoms in total. The molecule has 0 heterocycles. The molecule has 2 N–H and O–H groups in total. The van der Waals surface area contributed by atoms with Gasteiger partial charge in [0.25, 0.3) is 0 Å². The zero-order valence-corrected chi connectivity index (χ0v) is 9.91. The highest BCUT2D eigenvalue weighted by atomic mass is 35.5. The first-order valence-electron chi connectivity index (χ1n) is 5.02. The molecule has 0 amide bonds. The van der Waals surface area contributed by atoms with Crippen LogP contribution in [0.3, 0.4) is 0 Å². The van der Waals surface area contributed by atoms with Gasteiger partial charge in [0, 0.05) is 11.1 Å². The largest absolute Gasteiger partial charge is 0.455 e. The second-order valence-corrected chi connectivity index (χ2v) is 3.97. The van der Waals surface area contributed by atoms with Gasteiger partial charge in [0.2, 0.25) is 0 Å². The lowest BCUT2D eigenvalue weighted by Crippen LogP contribution is -1.93. The molecule has 0 aromatic heterocycles. The van der Waals surface area contributed by atoms with E-state index in [1.807, 2.05) is 0 Å². The number of nitrogens with zero attached hydrogens (tertiary/aromatic N) is 1. The first-order chi connectivity index (χ1) is 8.60. The van der Waals surface area contributed by atoms with Crippen LogP contribution in [-0.4, -0.2) is 0 Å². The van der Waals surface area contributed by atoms with Crippen LogP contribution in [0.4, 0.5) is 10.1 Å². The fourth-order valence-corrected chi connectivity index (χ4v) is 1.57. The van der Waals surface area contributed by atoms with Gasteiger partial charge in [0.1, 0.15) is 23.4 Å². The molecule has 0 saturated heterocycles. The molecule has 0 aliphatic heterocycles. The summed E-state index contributed by atoms with van der Waals surface area (Å²) in [6.07, 6.45) is 0.